The predicted octanol–water partition coefficient (Wildman–Crippen LogP) is 3.57. The number of aliphatic hydroxyl groups is 1. The SMILES string of the molecule is C[C@@H]1[C@@H](OCc2ccccc2)[C@@H](OCc2ccccc2)[C@H](CO)O[C@H]1C. The fourth-order valence-corrected chi connectivity index (χ4v) is 3.38. The van der Waals surface area contributed by atoms with Gasteiger partial charge in [-0.1, -0.05) is 67.6 Å². The zero-order valence-electron chi connectivity index (χ0n) is 15.5. The molecule has 1 saturated heterocycles. The number of aliphatic hydroxyl groups excluding tert-OH is 1. The first-order valence-corrected chi connectivity index (χ1v) is 9.26. The Hall–Kier alpha value is -1.72. The first kappa shape index (κ1) is 19.1. The first-order chi connectivity index (χ1) is 12.7. The van der Waals surface area contributed by atoms with E-state index in [1.807, 2.05) is 55.5 Å². The third-order valence-corrected chi connectivity index (χ3v) is 5.09. The summed E-state index contributed by atoms with van der Waals surface area (Å²) < 4.78 is 18.4. The molecule has 5 atom stereocenters. The molecule has 0 radical (unpaired) electrons. The van der Waals surface area contributed by atoms with Crippen molar-refractivity contribution in [1.82, 2.24) is 0 Å². The van der Waals surface area contributed by atoms with Gasteiger partial charge >= 0.3 is 0 Å². The van der Waals surface area contributed by atoms with Crippen molar-refractivity contribution < 1.29 is 19.3 Å². The predicted molar refractivity (Wildman–Crippen MR) is 101 cm³/mol. The smallest absolute Gasteiger partial charge is 0.113 e. The molecule has 3 rings (SSSR count). The van der Waals surface area contributed by atoms with E-state index in [0.29, 0.717) is 13.2 Å². The Bertz CT molecular complexity index is 602. The van der Waals surface area contributed by atoms with Crippen LogP contribution < -0.4 is 0 Å². The van der Waals surface area contributed by atoms with Crippen LogP contribution in [0.25, 0.3) is 0 Å². The normalized spacial score (nSPS) is 28.8. The molecule has 140 valence electrons. The van der Waals surface area contributed by atoms with Gasteiger partial charge < -0.3 is 19.3 Å². The minimum atomic E-state index is -0.384. The highest BCUT2D eigenvalue weighted by molar-refractivity contribution is 5.14. The van der Waals surface area contributed by atoms with Gasteiger partial charge in [-0.3, -0.25) is 0 Å². The van der Waals surface area contributed by atoms with Crippen molar-refractivity contribution >= 4 is 0 Å². The van der Waals surface area contributed by atoms with E-state index in [4.69, 9.17) is 14.2 Å². The van der Waals surface area contributed by atoms with Crippen LogP contribution in [0.15, 0.2) is 60.7 Å². The highest BCUT2D eigenvalue weighted by atomic mass is 16.6. The Labute approximate surface area is 155 Å². The summed E-state index contributed by atoms with van der Waals surface area (Å²) in [5, 5.41) is 9.81. The summed E-state index contributed by atoms with van der Waals surface area (Å²) >= 11 is 0. The molecule has 0 amide bonds. The Balaban J connectivity index is 1.71. The number of hydrogen-bond acceptors (Lipinski definition) is 4. The lowest BCUT2D eigenvalue weighted by Gasteiger charge is -2.44. The molecule has 26 heavy (non-hydrogen) atoms. The molecule has 0 saturated carbocycles. The van der Waals surface area contributed by atoms with Crippen molar-refractivity contribution in [2.45, 2.75) is 51.5 Å². The van der Waals surface area contributed by atoms with E-state index in [-0.39, 0.29) is 36.9 Å². The molecule has 0 aliphatic carbocycles. The minimum absolute atomic E-state index is 0.00417. The van der Waals surface area contributed by atoms with Crippen molar-refractivity contribution in [3.8, 4) is 0 Å². The van der Waals surface area contributed by atoms with Crippen LogP contribution in [0.5, 0.6) is 0 Å². The fourth-order valence-electron chi connectivity index (χ4n) is 3.38. The lowest BCUT2D eigenvalue weighted by atomic mass is 9.88. The molecule has 4 nitrogen and oxygen atoms in total. The molecule has 1 N–H and O–H groups in total. The Morgan fingerprint density at radius 3 is 1.81 bits per heavy atom. The second-order valence-electron chi connectivity index (χ2n) is 6.94. The summed E-state index contributed by atoms with van der Waals surface area (Å²) in [6, 6.07) is 20.2. The van der Waals surface area contributed by atoms with Gasteiger partial charge in [0, 0.05) is 5.92 Å². The maximum atomic E-state index is 9.81. The highest BCUT2D eigenvalue weighted by Gasteiger charge is 2.43. The number of rotatable bonds is 7. The molecule has 1 aliphatic heterocycles. The second-order valence-corrected chi connectivity index (χ2v) is 6.94. The lowest BCUT2D eigenvalue weighted by molar-refractivity contribution is -0.234. The summed E-state index contributed by atoms with van der Waals surface area (Å²) in [6.45, 7) is 5.05. The van der Waals surface area contributed by atoms with Gasteiger partial charge in [0.1, 0.15) is 12.2 Å². The standard InChI is InChI=1S/C22H28O4/c1-16-17(2)26-20(13-23)22(25-15-19-11-7-4-8-12-19)21(16)24-14-18-9-5-3-6-10-18/h3-12,16-17,20-23H,13-15H2,1-2H3/t16-,17-,20-,21+,22-/m0/s1. The molecule has 0 bridgehead atoms. The van der Waals surface area contributed by atoms with Crippen molar-refractivity contribution in [3.05, 3.63) is 71.8 Å². The quantitative estimate of drug-likeness (QED) is 0.824. The van der Waals surface area contributed by atoms with E-state index >= 15 is 0 Å². The van der Waals surface area contributed by atoms with Crippen molar-refractivity contribution in [1.29, 1.82) is 0 Å². The van der Waals surface area contributed by atoms with E-state index < -0.39 is 0 Å². The van der Waals surface area contributed by atoms with Crippen LogP contribution in [-0.2, 0) is 27.4 Å². The Kier molecular flexibility index (Phi) is 6.80. The van der Waals surface area contributed by atoms with E-state index in [9.17, 15) is 5.11 Å². The molecule has 0 spiro atoms. The summed E-state index contributed by atoms with van der Waals surface area (Å²) in [7, 11) is 0. The van der Waals surface area contributed by atoms with E-state index in [2.05, 4.69) is 19.1 Å². The van der Waals surface area contributed by atoms with Crippen LogP contribution in [-0.4, -0.2) is 36.1 Å². The second kappa shape index (κ2) is 9.28. The largest absolute Gasteiger partial charge is 0.394 e. The van der Waals surface area contributed by atoms with Gasteiger partial charge in [0.15, 0.2) is 0 Å². The summed E-state index contributed by atoms with van der Waals surface area (Å²) in [6.07, 6.45) is -0.829. The Morgan fingerprint density at radius 1 is 0.808 bits per heavy atom. The van der Waals surface area contributed by atoms with Crippen LogP contribution in [0.3, 0.4) is 0 Å². The van der Waals surface area contributed by atoms with Crippen LogP contribution in [0.2, 0.25) is 0 Å². The van der Waals surface area contributed by atoms with Crippen LogP contribution in [0, 0.1) is 5.92 Å². The summed E-state index contributed by atoms with van der Waals surface area (Å²) in [4.78, 5) is 0. The lowest BCUT2D eigenvalue weighted by Crippen LogP contribution is -2.56. The maximum absolute atomic E-state index is 9.81. The van der Waals surface area contributed by atoms with Gasteiger partial charge in [-0.15, -0.1) is 0 Å². The zero-order valence-corrected chi connectivity index (χ0v) is 15.5. The number of hydrogen-bond donors (Lipinski definition) is 1. The molecule has 0 unspecified atom stereocenters. The first-order valence-electron chi connectivity index (χ1n) is 9.26. The van der Waals surface area contributed by atoms with Crippen LogP contribution >= 0.6 is 0 Å². The third-order valence-electron chi connectivity index (χ3n) is 5.09. The van der Waals surface area contributed by atoms with Crippen LogP contribution in [0.1, 0.15) is 25.0 Å². The number of ether oxygens (including phenoxy) is 3. The van der Waals surface area contributed by atoms with E-state index in [0.717, 1.165) is 11.1 Å². The molecular formula is C22H28O4. The fraction of sp³-hybridized carbons (Fsp3) is 0.455. The average Bonchev–Trinajstić information content (AvgIpc) is 2.69. The summed E-state index contributed by atoms with van der Waals surface area (Å²) in [5.74, 6) is 0.169. The molecule has 2 aromatic rings. The van der Waals surface area contributed by atoms with Gasteiger partial charge in [-0.2, -0.15) is 0 Å². The molecule has 1 fully saturated rings. The topological polar surface area (TPSA) is 47.9 Å². The van der Waals surface area contributed by atoms with E-state index in [1.54, 1.807) is 0 Å². The molecule has 1 aliphatic rings. The zero-order chi connectivity index (χ0) is 18.4. The average molecular weight is 356 g/mol. The van der Waals surface area contributed by atoms with Crippen molar-refractivity contribution in [3.63, 3.8) is 0 Å². The molecule has 2 aromatic carbocycles. The van der Waals surface area contributed by atoms with Gasteiger partial charge in [0.05, 0.1) is 32.0 Å². The highest BCUT2D eigenvalue weighted by Crippen LogP contribution is 2.31. The minimum Gasteiger partial charge on any atom is -0.394 e. The molecular weight excluding hydrogens is 328 g/mol. The summed E-state index contributed by atoms with van der Waals surface area (Å²) in [5.41, 5.74) is 2.22. The third kappa shape index (κ3) is 4.71. The van der Waals surface area contributed by atoms with Gasteiger partial charge in [-0.25, -0.2) is 0 Å². The van der Waals surface area contributed by atoms with Gasteiger partial charge in [0.25, 0.3) is 0 Å². The molecule has 4 heteroatoms. The maximum Gasteiger partial charge on any atom is 0.113 e. The number of benzene rings is 2. The Morgan fingerprint density at radius 2 is 1.31 bits per heavy atom. The van der Waals surface area contributed by atoms with Gasteiger partial charge in [-0.05, 0) is 18.1 Å². The van der Waals surface area contributed by atoms with Crippen LogP contribution in [0.4, 0.5) is 0 Å². The molecule has 1 heterocycles. The van der Waals surface area contributed by atoms with E-state index in [1.165, 1.54) is 0 Å². The monoisotopic (exact) mass is 356 g/mol. The van der Waals surface area contributed by atoms with Crippen molar-refractivity contribution in [2.75, 3.05) is 6.61 Å². The molecule has 0 aromatic heterocycles. The van der Waals surface area contributed by atoms with Crippen molar-refractivity contribution in [2.24, 2.45) is 5.92 Å². The van der Waals surface area contributed by atoms with Gasteiger partial charge in [0.2, 0.25) is 0 Å².